The molecule has 0 radical (unpaired) electrons. The molecule has 3 fully saturated rings. The van der Waals surface area contributed by atoms with Crippen molar-refractivity contribution in [2.45, 2.75) is 25.4 Å². The summed E-state index contributed by atoms with van der Waals surface area (Å²) in [6.07, 6.45) is 2.30. The average Bonchev–Trinajstić information content (AvgIpc) is 2.87. The Morgan fingerprint density at radius 1 is 1.28 bits per heavy atom. The van der Waals surface area contributed by atoms with Gasteiger partial charge in [-0.15, -0.1) is 0 Å². The minimum atomic E-state index is -0.180. The quantitative estimate of drug-likeness (QED) is 0.812. The number of halogens is 1. The van der Waals surface area contributed by atoms with Crippen molar-refractivity contribution in [3.05, 3.63) is 29.6 Å². The van der Waals surface area contributed by atoms with Crippen molar-refractivity contribution in [3.63, 3.8) is 0 Å². The van der Waals surface area contributed by atoms with Crippen LogP contribution in [0.4, 0.5) is 4.39 Å². The van der Waals surface area contributed by atoms with Crippen LogP contribution in [0.2, 0.25) is 0 Å². The van der Waals surface area contributed by atoms with Crippen molar-refractivity contribution in [3.8, 4) is 5.75 Å². The molecule has 3 saturated heterocycles. The highest BCUT2D eigenvalue weighted by molar-refractivity contribution is 5.77. The summed E-state index contributed by atoms with van der Waals surface area (Å²) in [5.41, 5.74) is 0.683. The molecule has 2 bridgehead atoms. The van der Waals surface area contributed by atoms with Crippen molar-refractivity contribution in [1.29, 1.82) is 0 Å². The SMILES string of the molecule is COc1ccc(F)c(CN2C[C@@H]3CC[C@H]2CN(CC(=O)N(C)C)C3)c1. The van der Waals surface area contributed by atoms with Gasteiger partial charge in [0.2, 0.25) is 5.91 Å². The standard InChI is InChI=1S/C19H28FN3O2/c1-21(2)19(24)13-22-9-14-4-5-16(12-22)23(10-14)11-15-8-17(25-3)6-7-18(15)20/h6-8,14,16H,4-5,9-13H2,1-3H3/t14-,16+/m1/s1. The second-order valence-electron chi connectivity index (χ2n) is 7.47. The topological polar surface area (TPSA) is 36.0 Å². The molecule has 6 heteroatoms. The number of carbonyl (C=O) groups is 1. The minimum Gasteiger partial charge on any atom is -0.497 e. The molecular weight excluding hydrogens is 321 g/mol. The Bertz CT molecular complexity index is 623. The van der Waals surface area contributed by atoms with Crippen LogP contribution in [0, 0.1) is 11.7 Å². The van der Waals surface area contributed by atoms with Crippen LogP contribution in [0.5, 0.6) is 5.75 Å². The van der Waals surface area contributed by atoms with Crippen LogP contribution in [0.3, 0.4) is 0 Å². The molecule has 3 heterocycles. The number of likely N-dealkylation sites (N-methyl/N-ethyl adjacent to an activating group) is 1. The molecular formula is C19H28FN3O2. The van der Waals surface area contributed by atoms with Gasteiger partial charge in [0, 0.05) is 51.9 Å². The summed E-state index contributed by atoms with van der Waals surface area (Å²) >= 11 is 0. The lowest BCUT2D eigenvalue weighted by Crippen LogP contribution is -2.44. The maximum atomic E-state index is 14.2. The third kappa shape index (κ3) is 4.30. The number of methoxy groups -OCH3 is 1. The molecule has 25 heavy (non-hydrogen) atoms. The molecule has 5 nitrogen and oxygen atoms in total. The highest BCUT2D eigenvalue weighted by Gasteiger charge is 2.35. The van der Waals surface area contributed by atoms with E-state index in [1.165, 1.54) is 12.5 Å². The van der Waals surface area contributed by atoms with Gasteiger partial charge in [-0.1, -0.05) is 0 Å². The lowest BCUT2D eigenvalue weighted by Gasteiger charge is -2.36. The predicted octanol–water partition coefficient (Wildman–Crippen LogP) is 1.82. The molecule has 0 unspecified atom stereocenters. The van der Waals surface area contributed by atoms with Gasteiger partial charge in [-0.05, 0) is 37.0 Å². The van der Waals surface area contributed by atoms with Crippen LogP contribution in [0.15, 0.2) is 18.2 Å². The Morgan fingerprint density at radius 3 is 2.80 bits per heavy atom. The van der Waals surface area contributed by atoms with Gasteiger partial charge in [-0.3, -0.25) is 14.6 Å². The molecule has 4 rings (SSSR count). The third-order valence-electron chi connectivity index (χ3n) is 5.39. The minimum absolute atomic E-state index is 0.145. The molecule has 138 valence electrons. The van der Waals surface area contributed by atoms with Gasteiger partial charge in [0.25, 0.3) is 0 Å². The molecule has 0 aromatic heterocycles. The fourth-order valence-electron chi connectivity index (χ4n) is 3.95. The zero-order chi connectivity index (χ0) is 18.0. The van der Waals surface area contributed by atoms with Crippen molar-refractivity contribution >= 4 is 5.91 Å². The Balaban J connectivity index is 1.69. The number of rotatable bonds is 5. The normalized spacial score (nSPS) is 24.2. The molecule has 0 N–H and O–H groups in total. The Hall–Kier alpha value is -1.66. The summed E-state index contributed by atoms with van der Waals surface area (Å²) in [7, 11) is 5.20. The van der Waals surface area contributed by atoms with Gasteiger partial charge >= 0.3 is 0 Å². The lowest BCUT2D eigenvalue weighted by molar-refractivity contribution is -0.130. The first-order valence-electron chi connectivity index (χ1n) is 8.95. The highest BCUT2D eigenvalue weighted by Crippen LogP contribution is 2.30. The smallest absolute Gasteiger partial charge is 0.236 e. The Labute approximate surface area is 149 Å². The van der Waals surface area contributed by atoms with E-state index in [0.29, 0.717) is 36.4 Å². The van der Waals surface area contributed by atoms with E-state index in [4.69, 9.17) is 4.74 Å². The lowest BCUT2D eigenvalue weighted by atomic mass is 9.94. The zero-order valence-electron chi connectivity index (χ0n) is 15.4. The van der Waals surface area contributed by atoms with Crippen LogP contribution in [-0.4, -0.2) is 74.0 Å². The zero-order valence-corrected chi connectivity index (χ0v) is 15.4. The predicted molar refractivity (Wildman–Crippen MR) is 95.0 cm³/mol. The van der Waals surface area contributed by atoms with Crippen molar-refractivity contribution in [2.24, 2.45) is 5.92 Å². The monoisotopic (exact) mass is 349 g/mol. The number of piperidine rings is 1. The molecule has 1 aromatic carbocycles. The van der Waals surface area contributed by atoms with E-state index in [0.717, 1.165) is 26.1 Å². The summed E-state index contributed by atoms with van der Waals surface area (Å²) in [6.45, 7) is 3.86. The number of amides is 1. The van der Waals surface area contributed by atoms with E-state index in [1.54, 1.807) is 38.2 Å². The van der Waals surface area contributed by atoms with E-state index < -0.39 is 0 Å². The summed E-state index contributed by atoms with van der Waals surface area (Å²) in [5, 5.41) is 0. The van der Waals surface area contributed by atoms with E-state index in [1.807, 2.05) is 0 Å². The van der Waals surface area contributed by atoms with Gasteiger partial charge in [0.1, 0.15) is 11.6 Å². The maximum absolute atomic E-state index is 14.2. The Morgan fingerprint density at radius 2 is 2.08 bits per heavy atom. The maximum Gasteiger partial charge on any atom is 0.236 e. The van der Waals surface area contributed by atoms with Crippen LogP contribution in [-0.2, 0) is 11.3 Å². The average molecular weight is 349 g/mol. The van der Waals surface area contributed by atoms with Gasteiger partial charge < -0.3 is 9.64 Å². The number of nitrogens with zero attached hydrogens (tertiary/aromatic N) is 3. The number of hydrogen-bond donors (Lipinski definition) is 0. The second kappa shape index (κ2) is 7.70. The van der Waals surface area contributed by atoms with Crippen molar-refractivity contribution in [2.75, 3.05) is 47.4 Å². The number of carbonyl (C=O) groups excluding carboxylic acids is 1. The van der Waals surface area contributed by atoms with Crippen LogP contribution < -0.4 is 4.74 Å². The van der Waals surface area contributed by atoms with Crippen molar-refractivity contribution < 1.29 is 13.9 Å². The van der Waals surface area contributed by atoms with Crippen LogP contribution >= 0.6 is 0 Å². The summed E-state index contributed by atoms with van der Waals surface area (Å²) < 4.78 is 19.4. The van der Waals surface area contributed by atoms with Gasteiger partial charge in [-0.2, -0.15) is 0 Å². The number of hydrogen-bond acceptors (Lipinski definition) is 4. The highest BCUT2D eigenvalue weighted by atomic mass is 19.1. The first-order valence-corrected chi connectivity index (χ1v) is 8.95. The fraction of sp³-hybridized carbons (Fsp3) is 0.632. The first-order chi connectivity index (χ1) is 12.0. The van der Waals surface area contributed by atoms with E-state index in [2.05, 4.69) is 9.80 Å². The third-order valence-corrected chi connectivity index (χ3v) is 5.39. The first kappa shape index (κ1) is 18.1. The summed E-state index contributed by atoms with van der Waals surface area (Å²) in [6, 6.07) is 5.30. The van der Waals surface area contributed by atoms with E-state index >= 15 is 0 Å². The van der Waals surface area contributed by atoms with E-state index in [-0.39, 0.29) is 11.7 Å². The van der Waals surface area contributed by atoms with Crippen LogP contribution in [0.25, 0.3) is 0 Å². The van der Waals surface area contributed by atoms with Gasteiger partial charge in [0.05, 0.1) is 13.7 Å². The van der Waals surface area contributed by atoms with Crippen molar-refractivity contribution in [1.82, 2.24) is 14.7 Å². The van der Waals surface area contributed by atoms with Crippen LogP contribution in [0.1, 0.15) is 18.4 Å². The second-order valence-corrected chi connectivity index (χ2v) is 7.47. The largest absolute Gasteiger partial charge is 0.497 e. The fourth-order valence-corrected chi connectivity index (χ4v) is 3.95. The van der Waals surface area contributed by atoms with Gasteiger partial charge in [0.15, 0.2) is 0 Å². The number of ether oxygens (including phenoxy) is 1. The summed E-state index contributed by atoms with van der Waals surface area (Å²) in [4.78, 5) is 18.4. The molecule has 0 aliphatic carbocycles. The molecule has 3 aliphatic heterocycles. The Kier molecular flexibility index (Phi) is 5.59. The molecule has 0 saturated carbocycles. The molecule has 2 atom stereocenters. The molecule has 3 aliphatic rings. The molecule has 1 amide bonds. The molecule has 0 spiro atoms. The van der Waals surface area contributed by atoms with Gasteiger partial charge in [-0.25, -0.2) is 4.39 Å². The number of fused-ring (bicyclic) bond motifs is 4. The number of benzene rings is 1. The summed E-state index contributed by atoms with van der Waals surface area (Å²) in [5.74, 6) is 1.20. The van der Waals surface area contributed by atoms with E-state index in [9.17, 15) is 9.18 Å². The molecule has 1 aromatic rings.